The zero-order valence-corrected chi connectivity index (χ0v) is 40.5. The minimum atomic E-state index is -2.10. The quantitative estimate of drug-likeness (QED) is 0.0206. The van der Waals surface area contributed by atoms with Gasteiger partial charge in [0, 0.05) is 50.9 Å². The third-order valence-electron chi connectivity index (χ3n) is 11.4. The van der Waals surface area contributed by atoms with Crippen molar-refractivity contribution in [1.29, 1.82) is 0 Å². The van der Waals surface area contributed by atoms with E-state index in [-0.39, 0.29) is 79.3 Å². The van der Waals surface area contributed by atoms with Gasteiger partial charge in [0.25, 0.3) is 12.3 Å². The molecule has 374 valence electrons. The molecule has 13 atom stereocenters. The Morgan fingerprint density at radius 1 is 0.912 bits per heavy atom. The summed E-state index contributed by atoms with van der Waals surface area (Å²) < 4.78 is 14.0. The number of carbonyl (C=O) groups is 7. The zero-order valence-electron chi connectivity index (χ0n) is 37.7. The van der Waals surface area contributed by atoms with Gasteiger partial charge in [-0.1, -0.05) is 32.6 Å². The number of hydrogen-bond donors (Lipinski definition) is 12. The second kappa shape index (κ2) is 27.1. The van der Waals surface area contributed by atoms with Crippen molar-refractivity contribution in [3.63, 3.8) is 0 Å². The van der Waals surface area contributed by atoms with E-state index in [1.807, 2.05) is 0 Å². The number of aromatic hydroxyl groups is 1. The number of fused-ring (bicyclic) bond motifs is 2. The standard InChI is InChI=1S/C40H59N7O19S.Na/c1-5-10-63-40(61)41-9-8-26(52)31-39(60)47-16-19(3)33(54)32(47)37(58)42-15-22(49)11-18(2)34(55)43-29(20(4)48)38(59)46-17-23(50)14-24(46)35(56)44-30(36(57)45-31)27(53)12-21-6-7-25(51)28(13-21)64-67-66-65-62;/h5-7,13,18-20,22-24,26-27,29-33,48-54,62H,1,8-12,14-17H2,2-4H3,(H,41,61)(H,42,58)(H,43,55)(H,44,56)(H,45,57);/q;+1/p-1/t18-,19-,20+,22+,23+,24-,26+,27+,29-,30-,31-,32-,33-;/m0./s1. The summed E-state index contributed by atoms with van der Waals surface area (Å²) in [5, 5.41) is 102. The third kappa shape index (κ3) is 15.6. The molecule has 0 spiro atoms. The van der Waals surface area contributed by atoms with Crippen LogP contribution in [0, 0.1) is 11.8 Å². The van der Waals surface area contributed by atoms with E-state index in [2.05, 4.69) is 42.5 Å². The van der Waals surface area contributed by atoms with Gasteiger partial charge in [-0.25, -0.2) is 4.79 Å². The third-order valence-corrected chi connectivity index (χ3v) is 11.7. The molecule has 3 heterocycles. The number of nitrogens with zero attached hydrogens (tertiary/aromatic N) is 2. The molecule has 0 aliphatic carbocycles. The predicted molar refractivity (Wildman–Crippen MR) is 225 cm³/mol. The minimum Gasteiger partial charge on any atom is -0.691 e. The molecule has 26 nitrogen and oxygen atoms in total. The van der Waals surface area contributed by atoms with E-state index in [9.17, 15) is 74.6 Å². The van der Waals surface area contributed by atoms with Crippen LogP contribution in [0.25, 0.3) is 0 Å². The maximum absolute atomic E-state index is 14.6. The summed E-state index contributed by atoms with van der Waals surface area (Å²) in [7, 11) is 0. The van der Waals surface area contributed by atoms with Crippen LogP contribution in [-0.4, -0.2) is 187 Å². The summed E-state index contributed by atoms with van der Waals surface area (Å²) >= 11 is 0.0180. The number of ether oxygens (including phenoxy) is 1. The number of rotatable bonds is 14. The van der Waals surface area contributed by atoms with Crippen molar-refractivity contribution in [3.8, 4) is 11.5 Å². The number of carbonyl (C=O) groups excluding carboxylic acids is 7. The molecule has 3 aliphatic rings. The molecule has 0 saturated carbocycles. The van der Waals surface area contributed by atoms with E-state index in [1.54, 1.807) is 0 Å². The molecule has 1 aromatic carbocycles. The molecule has 1 aromatic rings. The molecule has 4 rings (SSSR count). The van der Waals surface area contributed by atoms with E-state index in [1.165, 1.54) is 32.9 Å². The molecule has 0 bridgehead atoms. The number of hydrogen-bond acceptors (Lipinski definition) is 20. The fraction of sp³-hybridized carbons (Fsp3) is 0.625. The number of phenols is 1. The van der Waals surface area contributed by atoms with Gasteiger partial charge < -0.3 is 86.3 Å². The number of aliphatic hydroxyl groups excluding tert-OH is 6. The second-order valence-electron chi connectivity index (χ2n) is 16.6. The molecule has 7 amide bonds. The van der Waals surface area contributed by atoms with Crippen LogP contribution in [-0.2, 0) is 49.3 Å². The van der Waals surface area contributed by atoms with Crippen LogP contribution >= 0.6 is 12.3 Å². The van der Waals surface area contributed by atoms with Crippen LogP contribution in [0.4, 0.5) is 4.79 Å². The van der Waals surface area contributed by atoms with E-state index in [0.717, 1.165) is 21.9 Å². The fourth-order valence-electron chi connectivity index (χ4n) is 7.82. The number of phenolic OH excluding ortho intramolecular Hbond substituents is 1. The van der Waals surface area contributed by atoms with Gasteiger partial charge in [0.15, 0.2) is 11.5 Å². The Bertz CT molecular complexity index is 1940. The molecule has 0 radical (unpaired) electrons. The molecule has 12 N–H and O–H groups in total. The first-order valence-electron chi connectivity index (χ1n) is 21.2. The average molecular weight is 996 g/mol. The van der Waals surface area contributed by atoms with Crippen molar-refractivity contribution in [2.24, 2.45) is 11.8 Å². The van der Waals surface area contributed by atoms with Crippen LogP contribution in [0.3, 0.4) is 0 Å². The van der Waals surface area contributed by atoms with Crippen LogP contribution < -0.4 is 65.6 Å². The van der Waals surface area contributed by atoms with Crippen molar-refractivity contribution in [2.75, 3.05) is 32.8 Å². The Morgan fingerprint density at radius 3 is 2.24 bits per heavy atom. The minimum absolute atomic E-state index is 0. The van der Waals surface area contributed by atoms with Crippen molar-refractivity contribution in [2.45, 2.75) is 113 Å². The number of aliphatic hydroxyl groups is 6. The van der Waals surface area contributed by atoms with Crippen LogP contribution in [0.5, 0.6) is 11.5 Å². The summed E-state index contributed by atoms with van der Waals surface area (Å²) in [6.45, 7) is 5.71. The summed E-state index contributed by atoms with van der Waals surface area (Å²) in [5.41, 5.74) is 0.118. The van der Waals surface area contributed by atoms with Crippen LogP contribution in [0.15, 0.2) is 30.9 Å². The van der Waals surface area contributed by atoms with Crippen molar-refractivity contribution < 1.29 is 122 Å². The molecule has 3 fully saturated rings. The van der Waals surface area contributed by atoms with Crippen molar-refractivity contribution in [3.05, 3.63) is 36.4 Å². The average Bonchev–Trinajstić information content (AvgIpc) is 3.82. The number of alkyl carbamates (subject to hydrolysis) is 1. The summed E-state index contributed by atoms with van der Waals surface area (Å²) in [5.74, 6) is -9.07. The maximum Gasteiger partial charge on any atom is 1.00 e. The Morgan fingerprint density at radius 2 is 1.57 bits per heavy atom. The Labute approximate surface area is 416 Å². The van der Waals surface area contributed by atoms with Crippen LogP contribution in [0.2, 0.25) is 0 Å². The second-order valence-corrected chi connectivity index (χ2v) is 17.0. The molecular weight excluding hydrogens is 938 g/mol. The van der Waals surface area contributed by atoms with Gasteiger partial charge in [0.2, 0.25) is 35.4 Å². The monoisotopic (exact) mass is 995 g/mol. The normalized spacial score (nSPS) is 29.0. The maximum atomic E-state index is 14.6. The Hall–Kier alpha value is -4.36. The van der Waals surface area contributed by atoms with Crippen LogP contribution in [0.1, 0.15) is 45.6 Å². The molecule has 0 aromatic heterocycles. The number of nitrogens with one attached hydrogen (secondary N) is 5. The Balaban J connectivity index is 0.0000122. The molecule has 68 heavy (non-hydrogen) atoms. The molecular formula is C40H58N7NaO19S. The van der Waals surface area contributed by atoms with Gasteiger partial charge in [-0.05, 0) is 37.5 Å². The number of amides is 7. The van der Waals surface area contributed by atoms with E-state index in [4.69, 9.17) is 8.92 Å². The SMILES string of the molecule is C=CCOC(=O)NCC[C@@H](O)[C@@H]1NC(=O)[C@H]([C@H](O)Cc2ccc(O)c(OSOO[O-])c2)NC(=O)[C@@H]2C[C@@H](O)CN2C(=O)[C@H]([C@@H](C)O)NC(=O)[C@@H](C)C[C@@H](O)CNC(=O)[C@@H]2[C@@H](O)[C@@H](C)CN2C1=O.[Na+]. The van der Waals surface area contributed by atoms with Gasteiger partial charge in [0.1, 0.15) is 36.8 Å². The van der Waals surface area contributed by atoms with Gasteiger partial charge in [-0.2, -0.15) is 0 Å². The van der Waals surface area contributed by atoms with Gasteiger partial charge in [0.05, 0.1) is 36.6 Å². The van der Waals surface area contributed by atoms with E-state index < -0.39 is 158 Å². The smallest absolute Gasteiger partial charge is 0.691 e. The van der Waals surface area contributed by atoms with Gasteiger partial charge in [-0.15, -0.1) is 4.33 Å². The number of benzene rings is 1. The van der Waals surface area contributed by atoms with Crippen molar-refractivity contribution >= 4 is 53.9 Å². The van der Waals surface area contributed by atoms with Crippen molar-refractivity contribution in [1.82, 2.24) is 36.4 Å². The molecule has 28 heteroatoms. The van der Waals surface area contributed by atoms with Gasteiger partial charge in [-0.3, -0.25) is 33.8 Å². The molecule has 3 aliphatic heterocycles. The first-order valence-corrected chi connectivity index (χ1v) is 21.9. The largest absolute Gasteiger partial charge is 1.00 e. The zero-order chi connectivity index (χ0) is 49.7. The molecule has 0 unspecified atom stereocenters. The summed E-state index contributed by atoms with van der Waals surface area (Å²) in [6, 6.07) is -5.58. The number of β-amino-alcohol motifs (C(OH)–C–C–N with tert-alkyl or cyclic N) is 1. The topological polar surface area (TPSA) is 388 Å². The summed E-state index contributed by atoms with van der Waals surface area (Å²) in [4.78, 5) is 98.4. The first-order chi connectivity index (χ1) is 31.7. The van der Waals surface area contributed by atoms with E-state index in [0.29, 0.717) is 0 Å². The van der Waals surface area contributed by atoms with E-state index >= 15 is 0 Å². The molecule has 3 saturated heterocycles. The van der Waals surface area contributed by atoms with Gasteiger partial charge >= 0.3 is 35.7 Å². The first kappa shape index (κ1) is 58.0. The Kier molecular flexibility index (Phi) is 23.1. The fourth-order valence-corrected chi connectivity index (χ4v) is 8.08. The predicted octanol–water partition coefficient (Wildman–Crippen LogP) is -8.35. The summed E-state index contributed by atoms with van der Waals surface area (Å²) in [6.07, 6.45) is -11.1.